The summed E-state index contributed by atoms with van der Waals surface area (Å²) in [5.41, 5.74) is 1.77. The third-order valence-electron chi connectivity index (χ3n) is 1.94. The molecule has 0 atom stereocenters. The molecule has 0 spiro atoms. The van der Waals surface area contributed by atoms with E-state index in [0.717, 1.165) is 11.1 Å². The van der Waals surface area contributed by atoms with E-state index in [2.05, 4.69) is 4.74 Å². The van der Waals surface area contributed by atoms with Gasteiger partial charge in [-0.3, -0.25) is 0 Å². The number of benzene rings is 1. The van der Waals surface area contributed by atoms with Gasteiger partial charge in [-0.1, -0.05) is 30.3 Å². The molecule has 3 nitrogen and oxygen atoms in total. The smallest absolute Gasteiger partial charge is 0.330 e. The fraction of sp³-hybridized carbons (Fsp3) is 0.250. The van der Waals surface area contributed by atoms with Crippen LogP contribution in [0.1, 0.15) is 5.56 Å². The average molecular weight is 206 g/mol. The molecule has 0 amide bonds. The van der Waals surface area contributed by atoms with Gasteiger partial charge in [-0.25, -0.2) is 4.79 Å². The van der Waals surface area contributed by atoms with Crippen LogP contribution < -0.4 is 0 Å². The van der Waals surface area contributed by atoms with Crippen LogP contribution >= 0.6 is 0 Å². The summed E-state index contributed by atoms with van der Waals surface area (Å²) < 4.78 is 9.61. The van der Waals surface area contributed by atoms with Crippen molar-refractivity contribution >= 4 is 11.5 Å². The normalized spacial score (nSPS) is 11.2. The van der Waals surface area contributed by atoms with Crippen molar-refractivity contribution in [3.63, 3.8) is 0 Å². The first-order valence-electron chi connectivity index (χ1n) is 4.61. The van der Waals surface area contributed by atoms with E-state index < -0.39 is 0 Å². The lowest BCUT2D eigenvalue weighted by Crippen LogP contribution is -2.01. The summed E-state index contributed by atoms with van der Waals surface area (Å²) in [7, 11) is 2.95. The van der Waals surface area contributed by atoms with Crippen molar-refractivity contribution in [3.05, 3.63) is 42.0 Å². The molecule has 0 unspecified atom stereocenters. The van der Waals surface area contributed by atoms with Gasteiger partial charge in [0.1, 0.15) is 0 Å². The Kier molecular flexibility index (Phi) is 4.57. The average Bonchev–Trinajstić information content (AvgIpc) is 2.29. The van der Waals surface area contributed by atoms with Crippen molar-refractivity contribution in [2.24, 2.45) is 0 Å². The van der Waals surface area contributed by atoms with Gasteiger partial charge in [0.2, 0.25) is 0 Å². The van der Waals surface area contributed by atoms with Crippen LogP contribution in [0.5, 0.6) is 0 Å². The third kappa shape index (κ3) is 3.56. The second-order valence-corrected chi connectivity index (χ2v) is 2.99. The first-order chi connectivity index (χ1) is 7.27. The third-order valence-corrected chi connectivity index (χ3v) is 1.94. The van der Waals surface area contributed by atoms with Gasteiger partial charge >= 0.3 is 5.97 Å². The molecule has 0 aliphatic rings. The van der Waals surface area contributed by atoms with Crippen LogP contribution in [0.15, 0.2) is 36.4 Å². The maximum atomic E-state index is 11.1. The van der Waals surface area contributed by atoms with E-state index in [9.17, 15) is 4.79 Å². The highest BCUT2D eigenvalue weighted by Crippen LogP contribution is 2.14. The lowest BCUT2D eigenvalue weighted by molar-refractivity contribution is -0.134. The second kappa shape index (κ2) is 5.98. The minimum atomic E-state index is -0.370. The van der Waals surface area contributed by atoms with Crippen molar-refractivity contribution in [1.82, 2.24) is 0 Å². The van der Waals surface area contributed by atoms with E-state index >= 15 is 0 Å². The van der Waals surface area contributed by atoms with Gasteiger partial charge in [-0.05, 0) is 11.1 Å². The van der Waals surface area contributed by atoms with E-state index in [1.54, 1.807) is 7.11 Å². The Labute approximate surface area is 89.3 Å². The zero-order chi connectivity index (χ0) is 11.1. The minimum Gasteiger partial charge on any atom is -0.466 e. The first-order valence-corrected chi connectivity index (χ1v) is 4.61. The zero-order valence-electron chi connectivity index (χ0n) is 8.90. The summed E-state index contributed by atoms with van der Waals surface area (Å²) in [5, 5.41) is 0. The summed E-state index contributed by atoms with van der Waals surface area (Å²) in [6.45, 7) is 0.388. The molecule has 0 aliphatic heterocycles. The lowest BCUT2D eigenvalue weighted by atomic mass is 10.1. The summed E-state index contributed by atoms with van der Waals surface area (Å²) >= 11 is 0. The molecule has 0 saturated heterocycles. The quantitative estimate of drug-likeness (QED) is 0.557. The van der Waals surface area contributed by atoms with Gasteiger partial charge in [-0.2, -0.15) is 0 Å². The number of ether oxygens (including phenoxy) is 2. The molecule has 0 heterocycles. The van der Waals surface area contributed by atoms with Crippen LogP contribution in [0.3, 0.4) is 0 Å². The summed E-state index contributed by atoms with van der Waals surface area (Å²) in [6.07, 6.45) is 1.44. The first kappa shape index (κ1) is 11.5. The maximum Gasteiger partial charge on any atom is 0.330 e. The Balaban J connectivity index is 2.93. The molecule has 80 valence electrons. The van der Waals surface area contributed by atoms with Crippen LogP contribution in [0.25, 0.3) is 5.57 Å². The fourth-order valence-electron chi connectivity index (χ4n) is 1.22. The van der Waals surface area contributed by atoms with E-state index in [1.165, 1.54) is 13.2 Å². The number of esters is 1. The SMILES string of the molecule is COC/C(=C/C(=O)OC)c1ccccc1. The Morgan fingerprint density at radius 3 is 2.47 bits per heavy atom. The second-order valence-electron chi connectivity index (χ2n) is 2.99. The van der Waals surface area contributed by atoms with E-state index in [4.69, 9.17) is 4.74 Å². The molecular weight excluding hydrogens is 192 g/mol. The van der Waals surface area contributed by atoms with Crippen LogP contribution in [-0.2, 0) is 14.3 Å². The topological polar surface area (TPSA) is 35.5 Å². The Morgan fingerprint density at radius 2 is 1.93 bits per heavy atom. The lowest BCUT2D eigenvalue weighted by Gasteiger charge is -2.05. The molecular formula is C12H14O3. The minimum absolute atomic E-state index is 0.370. The Hall–Kier alpha value is -1.61. The van der Waals surface area contributed by atoms with Gasteiger partial charge in [0.15, 0.2) is 0 Å². The maximum absolute atomic E-state index is 11.1. The predicted octanol–water partition coefficient (Wildman–Crippen LogP) is 1.89. The van der Waals surface area contributed by atoms with Crippen molar-refractivity contribution in [2.45, 2.75) is 0 Å². The molecule has 0 bridgehead atoms. The molecule has 1 aromatic rings. The monoisotopic (exact) mass is 206 g/mol. The van der Waals surface area contributed by atoms with Gasteiger partial charge in [0.25, 0.3) is 0 Å². The van der Waals surface area contributed by atoms with Crippen molar-refractivity contribution in [1.29, 1.82) is 0 Å². The molecule has 0 radical (unpaired) electrons. The van der Waals surface area contributed by atoms with E-state index in [-0.39, 0.29) is 5.97 Å². The molecule has 0 N–H and O–H groups in total. The molecule has 0 saturated carbocycles. The summed E-state index contributed by atoms with van der Waals surface area (Å²) in [6, 6.07) is 9.60. The van der Waals surface area contributed by atoms with Gasteiger partial charge < -0.3 is 9.47 Å². The number of rotatable bonds is 4. The molecule has 0 aromatic heterocycles. The standard InChI is InChI=1S/C12H14O3/c1-14-9-11(8-12(13)15-2)10-6-4-3-5-7-10/h3-8H,9H2,1-2H3/b11-8-. The fourth-order valence-corrected chi connectivity index (χ4v) is 1.22. The number of carbonyl (C=O) groups is 1. The van der Waals surface area contributed by atoms with Crippen LogP contribution in [0.4, 0.5) is 0 Å². The summed E-state index contributed by atoms with van der Waals surface area (Å²) in [4.78, 5) is 11.1. The highest BCUT2D eigenvalue weighted by molar-refractivity contribution is 5.91. The highest BCUT2D eigenvalue weighted by atomic mass is 16.5. The van der Waals surface area contributed by atoms with Crippen LogP contribution in [-0.4, -0.2) is 26.8 Å². The van der Waals surface area contributed by atoms with Crippen LogP contribution in [0.2, 0.25) is 0 Å². The van der Waals surface area contributed by atoms with Crippen molar-refractivity contribution in [3.8, 4) is 0 Å². The molecule has 1 rings (SSSR count). The molecule has 3 heteroatoms. The van der Waals surface area contributed by atoms with Gasteiger partial charge in [-0.15, -0.1) is 0 Å². The zero-order valence-corrected chi connectivity index (χ0v) is 8.90. The Bertz CT molecular complexity index is 341. The largest absolute Gasteiger partial charge is 0.466 e. The number of methoxy groups -OCH3 is 2. The molecule has 1 aromatic carbocycles. The number of hydrogen-bond donors (Lipinski definition) is 0. The molecule has 15 heavy (non-hydrogen) atoms. The van der Waals surface area contributed by atoms with Crippen molar-refractivity contribution < 1.29 is 14.3 Å². The van der Waals surface area contributed by atoms with Gasteiger partial charge in [0, 0.05) is 13.2 Å². The Morgan fingerprint density at radius 1 is 1.27 bits per heavy atom. The van der Waals surface area contributed by atoms with Gasteiger partial charge in [0.05, 0.1) is 13.7 Å². The van der Waals surface area contributed by atoms with Crippen LogP contribution in [0, 0.1) is 0 Å². The molecule has 0 fully saturated rings. The number of hydrogen-bond acceptors (Lipinski definition) is 3. The van der Waals surface area contributed by atoms with E-state index in [0.29, 0.717) is 6.61 Å². The highest BCUT2D eigenvalue weighted by Gasteiger charge is 2.03. The molecule has 0 aliphatic carbocycles. The van der Waals surface area contributed by atoms with E-state index in [1.807, 2.05) is 30.3 Å². The van der Waals surface area contributed by atoms with Crippen molar-refractivity contribution in [2.75, 3.05) is 20.8 Å². The number of carbonyl (C=O) groups excluding carboxylic acids is 1. The predicted molar refractivity (Wildman–Crippen MR) is 58.3 cm³/mol. The summed E-state index contributed by atoms with van der Waals surface area (Å²) in [5.74, 6) is -0.370.